The van der Waals surface area contributed by atoms with Crippen molar-refractivity contribution in [2.45, 2.75) is 24.0 Å². The molecule has 2 amide bonds. The molecule has 1 atom stereocenters. The van der Waals surface area contributed by atoms with Crippen LogP contribution in [0.15, 0.2) is 84.0 Å². The first-order valence-corrected chi connectivity index (χ1v) is 12.0. The molecule has 0 aliphatic carbocycles. The summed E-state index contributed by atoms with van der Waals surface area (Å²) in [6.45, 7) is 0.595. The third-order valence-corrected chi connectivity index (χ3v) is 6.70. The van der Waals surface area contributed by atoms with Gasteiger partial charge in [0.15, 0.2) is 5.16 Å². The SMILES string of the molecule is O=C(Nc1ccccc1-c1ccccc1)[C@@H]1CCCN1C(=O)CSc1nc2ccccc2[nH]1. The average Bonchev–Trinajstić information content (AvgIpc) is 3.51. The van der Waals surface area contributed by atoms with E-state index in [0.717, 1.165) is 34.3 Å². The number of likely N-dealkylation sites (tertiary alicyclic amines) is 1. The second kappa shape index (κ2) is 9.50. The number of imidazole rings is 1. The predicted octanol–water partition coefficient (Wildman–Crippen LogP) is 4.95. The van der Waals surface area contributed by atoms with E-state index in [-0.39, 0.29) is 17.6 Å². The Morgan fingerprint density at radius 1 is 1.00 bits per heavy atom. The molecule has 7 heteroatoms. The zero-order valence-electron chi connectivity index (χ0n) is 18.0. The maximum atomic E-state index is 13.2. The number of anilines is 1. The van der Waals surface area contributed by atoms with Gasteiger partial charge in [-0.05, 0) is 36.6 Å². The molecule has 0 unspecified atom stereocenters. The number of rotatable bonds is 6. The number of H-pyrrole nitrogens is 1. The fourth-order valence-corrected chi connectivity index (χ4v) is 5.00. The van der Waals surface area contributed by atoms with Crippen molar-refractivity contribution < 1.29 is 9.59 Å². The average molecular weight is 457 g/mol. The molecule has 166 valence electrons. The number of para-hydroxylation sites is 3. The highest BCUT2D eigenvalue weighted by Gasteiger charge is 2.34. The van der Waals surface area contributed by atoms with E-state index >= 15 is 0 Å². The normalized spacial score (nSPS) is 15.6. The van der Waals surface area contributed by atoms with E-state index in [4.69, 9.17) is 0 Å². The molecule has 0 spiro atoms. The van der Waals surface area contributed by atoms with E-state index in [1.54, 1.807) is 4.90 Å². The Kier molecular flexibility index (Phi) is 6.13. The Morgan fingerprint density at radius 2 is 1.76 bits per heavy atom. The molecule has 4 aromatic rings. The molecule has 2 heterocycles. The van der Waals surface area contributed by atoms with E-state index < -0.39 is 6.04 Å². The third kappa shape index (κ3) is 4.64. The molecule has 1 aromatic heterocycles. The Morgan fingerprint density at radius 3 is 2.61 bits per heavy atom. The minimum Gasteiger partial charge on any atom is -0.333 e. The number of nitrogens with one attached hydrogen (secondary N) is 2. The summed E-state index contributed by atoms with van der Waals surface area (Å²) < 4.78 is 0. The molecule has 3 aromatic carbocycles. The largest absolute Gasteiger partial charge is 0.333 e. The molecule has 1 aliphatic rings. The van der Waals surface area contributed by atoms with Crippen LogP contribution in [0.5, 0.6) is 0 Å². The lowest BCUT2D eigenvalue weighted by atomic mass is 10.0. The second-order valence-electron chi connectivity index (χ2n) is 7.99. The van der Waals surface area contributed by atoms with Gasteiger partial charge in [0, 0.05) is 17.8 Å². The summed E-state index contributed by atoms with van der Waals surface area (Å²) in [5, 5.41) is 3.78. The highest BCUT2D eigenvalue weighted by atomic mass is 32.2. The molecule has 1 saturated heterocycles. The number of aromatic amines is 1. The van der Waals surface area contributed by atoms with Crippen LogP contribution >= 0.6 is 11.8 Å². The van der Waals surface area contributed by atoms with Crippen molar-refractivity contribution in [2.75, 3.05) is 17.6 Å². The summed E-state index contributed by atoms with van der Waals surface area (Å²) in [6.07, 6.45) is 1.49. The maximum absolute atomic E-state index is 13.2. The Balaban J connectivity index is 1.26. The van der Waals surface area contributed by atoms with Crippen LogP contribution in [0, 0.1) is 0 Å². The lowest BCUT2D eigenvalue weighted by molar-refractivity contribution is -0.134. The number of fused-ring (bicyclic) bond motifs is 1. The number of carbonyl (C=O) groups is 2. The van der Waals surface area contributed by atoms with E-state index in [0.29, 0.717) is 18.1 Å². The number of nitrogens with zero attached hydrogens (tertiary/aromatic N) is 2. The summed E-state index contributed by atoms with van der Waals surface area (Å²) in [7, 11) is 0. The molecular formula is C26H24N4O2S. The van der Waals surface area contributed by atoms with Gasteiger partial charge in [0.05, 0.1) is 16.8 Å². The summed E-state index contributed by atoms with van der Waals surface area (Å²) in [5.74, 6) is 0.0527. The van der Waals surface area contributed by atoms with E-state index in [1.807, 2.05) is 78.9 Å². The fourth-order valence-electron chi connectivity index (χ4n) is 4.23. The molecule has 5 rings (SSSR count). The van der Waals surface area contributed by atoms with Gasteiger partial charge in [0.25, 0.3) is 0 Å². The number of hydrogen-bond donors (Lipinski definition) is 2. The predicted molar refractivity (Wildman–Crippen MR) is 132 cm³/mol. The van der Waals surface area contributed by atoms with Crippen LogP contribution in [0.3, 0.4) is 0 Å². The van der Waals surface area contributed by atoms with Crippen molar-refractivity contribution >= 4 is 40.3 Å². The van der Waals surface area contributed by atoms with Crippen molar-refractivity contribution in [3.05, 3.63) is 78.9 Å². The zero-order chi connectivity index (χ0) is 22.6. The van der Waals surface area contributed by atoms with Crippen molar-refractivity contribution in [3.63, 3.8) is 0 Å². The topological polar surface area (TPSA) is 78.1 Å². The van der Waals surface area contributed by atoms with Crippen molar-refractivity contribution in [2.24, 2.45) is 0 Å². The number of aromatic nitrogens is 2. The summed E-state index contributed by atoms with van der Waals surface area (Å²) in [4.78, 5) is 35.6. The lowest BCUT2D eigenvalue weighted by Gasteiger charge is -2.24. The van der Waals surface area contributed by atoms with Gasteiger partial charge in [-0.2, -0.15) is 0 Å². The summed E-state index contributed by atoms with van der Waals surface area (Å²) in [5.41, 5.74) is 4.58. The monoisotopic (exact) mass is 456 g/mol. The van der Waals surface area contributed by atoms with E-state index in [9.17, 15) is 9.59 Å². The van der Waals surface area contributed by atoms with Crippen LogP contribution < -0.4 is 5.32 Å². The maximum Gasteiger partial charge on any atom is 0.247 e. The van der Waals surface area contributed by atoms with Gasteiger partial charge < -0.3 is 15.2 Å². The standard InChI is InChI=1S/C26H24N4O2S/c31-24(17-33-26-28-21-13-6-7-14-22(21)29-26)30-16-8-15-23(30)25(32)27-20-12-5-4-11-19(20)18-9-2-1-3-10-18/h1-7,9-14,23H,8,15-17H2,(H,27,32)(H,28,29)/t23-/m0/s1. The first kappa shape index (κ1) is 21.3. The smallest absolute Gasteiger partial charge is 0.247 e. The van der Waals surface area contributed by atoms with Crippen molar-refractivity contribution in [1.29, 1.82) is 0 Å². The fraction of sp³-hybridized carbons (Fsp3) is 0.192. The summed E-state index contributed by atoms with van der Waals surface area (Å²) in [6, 6.07) is 25.0. The Labute approximate surface area is 196 Å². The minimum atomic E-state index is -0.461. The van der Waals surface area contributed by atoms with Crippen LogP contribution in [0.1, 0.15) is 12.8 Å². The first-order chi connectivity index (χ1) is 16.2. The number of carbonyl (C=O) groups excluding carboxylic acids is 2. The minimum absolute atomic E-state index is 0.0468. The van der Waals surface area contributed by atoms with Crippen LogP contribution in [0.25, 0.3) is 22.2 Å². The van der Waals surface area contributed by atoms with Gasteiger partial charge in [-0.3, -0.25) is 9.59 Å². The van der Waals surface area contributed by atoms with Crippen LogP contribution in [-0.2, 0) is 9.59 Å². The highest BCUT2D eigenvalue weighted by molar-refractivity contribution is 7.99. The number of benzene rings is 3. The molecule has 33 heavy (non-hydrogen) atoms. The van der Waals surface area contributed by atoms with Gasteiger partial charge in [-0.15, -0.1) is 0 Å². The first-order valence-electron chi connectivity index (χ1n) is 11.0. The molecule has 2 N–H and O–H groups in total. The van der Waals surface area contributed by atoms with Gasteiger partial charge >= 0.3 is 0 Å². The number of amides is 2. The zero-order valence-corrected chi connectivity index (χ0v) is 18.8. The van der Waals surface area contributed by atoms with E-state index in [2.05, 4.69) is 15.3 Å². The van der Waals surface area contributed by atoms with Gasteiger partial charge in [0.1, 0.15) is 6.04 Å². The third-order valence-electron chi connectivity index (χ3n) is 5.85. The number of thioether (sulfide) groups is 1. The van der Waals surface area contributed by atoms with Crippen molar-refractivity contribution in [1.82, 2.24) is 14.9 Å². The van der Waals surface area contributed by atoms with Gasteiger partial charge in [0.2, 0.25) is 11.8 Å². The second-order valence-corrected chi connectivity index (χ2v) is 8.96. The molecule has 0 radical (unpaired) electrons. The van der Waals surface area contributed by atoms with E-state index in [1.165, 1.54) is 11.8 Å². The molecule has 1 aliphatic heterocycles. The molecule has 0 bridgehead atoms. The Hall–Kier alpha value is -3.58. The lowest BCUT2D eigenvalue weighted by Crippen LogP contribution is -2.44. The molecule has 0 saturated carbocycles. The van der Waals surface area contributed by atoms with Crippen molar-refractivity contribution in [3.8, 4) is 11.1 Å². The summed E-state index contributed by atoms with van der Waals surface area (Å²) >= 11 is 1.37. The van der Waals surface area contributed by atoms with Gasteiger partial charge in [-0.25, -0.2) is 4.98 Å². The quantitative estimate of drug-likeness (QED) is 0.402. The molecular weight excluding hydrogens is 432 g/mol. The van der Waals surface area contributed by atoms with Crippen LogP contribution in [-0.4, -0.2) is 45.0 Å². The molecule has 6 nitrogen and oxygen atoms in total. The molecule has 1 fully saturated rings. The number of hydrogen-bond acceptors (Lipinski definition) is 4. The van der Waals surface area contributed by atoms with Crippen LogP contribution in [0.2, 0.25) is 0 Å². The highest BCUT2D eigenvalue weighted by Crippen LogP contribution is 2.29. The Bertz CT molecular complexity index is 1250. The van der Waals surface area contributed by atoms with Crippen LogP contribution in [0.4, 0.5) is 5.69 Å². The van der Waals surface area contributed by atoms with Gasteiger partial charge in [-0.1, -0.05) is 72.4 Å².